The van der Waals surface area contributed by atoms with E-state index in [0.717, 1.165) is 53.1 Å². The van der Waals surface area contributed by atoms with Gasteiger partial charge in [0, 0.05) is 17.8 Å². The average molecular weight is 442 g/mol. The normalized spacial score (nSPS) is 13.0. The SMILES string of the molecule is Cc1cc(COc2ccc(C(=N)N)cc2C)cc(COc2ccc(C3=NCCC3)cc2C)c1. The topological polar surface area (TPSA) is 80.7 Å². The molecule has 1 aliphatic rings. The molecule has 0 bridgehead atoms. The summed E-state index contributed by atoms with van der Waals surface area (Å²) in [5.41, 5.74) is 14.2. The van der Waals surface area contributed by atoms with Crippen LogP contribution in [0.5, 0.6) is 11.5 Å². The van der Waals surface area contributed by atoms with Crippen molar-refractivity contribution in [3.8, 4) is 11.5 Å². The Kier molecular flexibility index (Phi) is 6.78. The van der Waals surface area contributed by atoms with Gasteiger partial charge in [-0.25, -0.2) is 0 Å². The standard InChI is InChI=1S/C28H31N3O2/c1-18-11-21(16-32-26-8-6-23(13-19(26)2)25-5-4-10-31-25)15-22(12-18)17-33-27-9-7-24(28(29)30)14-20(27)3/h6-9,11-15H,4-5,10,16-17H2,1-3H3,(H3,29,30). The third kappa shape index (κ3) is 5.61. The molecule has 0 fully saturated rings. The minimum Gasteiger partial charge on any atom is -0.489 e. The summed E-state index contributed by atoms with van der Waals surface area (Å²) in [6.07, 6.45) is 2.21. The first-order valence-corrected chi connectivity index (χ1v) is 11.3. The van der Waals surface area contributed by atoms with Gasteiger partial charge in [-0.1, -0.05) is 17.7 Å². The lowest BCUT2D eigenvalue weighted by Crippen LogP contribution is -2.11. The molecule has 0 radical (unpaired) electrons. The van der Waals surface area contributed by atoms with Crippen LogP contribution >= 0.6 is 0 Å². The molecule has 3 N–H and O–H groups in total. The summed E-state index contributed by atoms with van der Waals surface area (Å²) in [6.45, 7) is 8.04. The molecule has 0 spiro atoms. The van der Waals surface area contributed by atoms with Gasteiger partial charge < -0.3 is 15.2 Å². The van der Waals surface area contributed by atoms with Crippen LogP contribution in [-0.4, -0.2) is 18.1 Å². The molecule has 3 aromatic rings. The van der Waals surface area contributed by atoms with Gasteiger partial charge in [-0.05, 0) is 104 Å². The molecule has 1 aliphatic heterocycles. The molecule has 0 saturated heterocycles. The van der Waals surface area contributed by atoms with Crippen LogP contribution in [0.2, 0.25) is 0 Å². The molecule has 0 aliphatic carbocycles. The highest BCUT2D eigenvalue weighted by Gasteiger charge is 2.11. The summed E-state index contributed by atoms with van der Waals surface area (Å²) in [5, 5.41) is 7.57. The smallest absolute Gasteiger partial charge is 0.122 e. The van der Waals surface area contributed by atoms with E-state index in [9.17, 15) is 0 Å². The molecule has 0 saturated carbocycles. The molecule has 170 valence electrons. The minimum absolute atomic E-state index is 0.0603. The van der Waals surface area contributed by atoms with E-state index in [4.69, 9.17) is 20.6 Å². The number of nitrogen functional groups attached to an aromatic ring is 1. The van der Waals surface area contributed by atoms with Crippen LogP contribution in [0, 0.1) is 26.2 Å². The number of amidine groups is 1. The third-order valence-corrected chi connectivity index (χ3v) is 5.85. The maximum atomic E-state index is 7.57. The monoisotopic (exact) mass is 441 g/mol. The van der Waals surface area contributed by atoms with Gasteiger partial charge in [0.15, 0.2) is 0 Å². The van der Waals surface area contributed by atoms with Gasteiger partial charge >= 0.3 is 0 Å². The Morgan fingerprint density at radius 2 is 1.52 bits per heavy atom. The zero-order valence-electron chi connectivity index (χ0n) is 19.6. The van der Waals surface area contributed by atoms with Crippen molar-refractivity contribution in [3.05, 3.63) is 93.5 Å². The predicted molar refractivity (Wildman–Crippen MR) is 134 cm³/mol. The highest BCUT2D eigenvalue weighted by molar-refractivity contribution is 6.01. The van der Waals surface area contributed by atoms with E-state index < -0.39 is 0 Å². The van der Waals surface area contributed by atoms with Crippen LogP contribution in [0.1, 0.15) is 51.8 Å². The molecule has 1 heterocycles. The van der Waals surface area contributed by atoms with Crippen molar-refractivity contribution in [1.29, 1.82) is 5.41 Å². The van der Waals surface area contributed by atoms with Crippen molar-refractivity contribution in [2.75, 3.05) is 6.54 Å². The number of aliphatic imine (C=N–C) groups is 1. The van der Waals surface area contributed by atoms with E-state index in [0.29, 0.717) is 18.8 Å². The lowest BCUT2D eigenvalue weighted by atomic mass is 10.0. The molecule has 0 atom stereocenters. The predicted octanol–water partition coefficient (Wildman–Crippen LogP) is 5.64. The van der Waals surface area contributed by atoms with Gasteiger partial charge in [0.25, 0.3) is 0 Å². The van der Waals surface area contributed by atoms with Crippen LogP contribution in [0.4, 0.5) is 0 Å². The second kappa shape index (κ2) is 9.90. The number of ether oxygens (including phenoxy) is 2. The summed E-state index contributed by atoms with van der Waals surface area (Å²) in [5.74, 6) is 1.75. The summed E-state index contributed by atoms with van der Waals surface area (Å²) >= 11 is 0. The van der Waals surface area contributed by atoms with Crippen LogP contribution in [0.3, 0.4) is 0 Å². The summed E-state index contributed by atoms with van der Waals surface area (Å²) in [4.78, 5) is 4.60. The van der Waals surface area contributed by atoms with Crippen molar-refractivity contribution in [3.63, 3.8) is 0 Å². The van der Waals surface area contributed by atoms with Crippen LogP contribution in [0.25, 0.3) is 0 Å². The Labute approximate surface area is 195 Å². The van der Waals surface area contributed by atoms with E-state index in [1.165, 1.54) is 16.8 Å². The first-order chi connectivity index (χ1) is 15.9. The number of nitrogens with zero attached hydrogens (tertiary/aromatic N) is 1. The van der Waals surface area contributed by atoms with Gasteiger partial charge in [-0.15, -0.1) is 0 Å². The van der Waals surface area contributed by atoms with Crippen molar-refractivity contribution in [2.45, 2.75) is 46.8 Å². The number of aryl methyl sites for hydroxylation is 3. The zero-order chi connectivity index (χ0) is 23.4. The molecule has 0 aromatic heterocycles. The molecule has 5 nitrogen and oxygen atoms in total. The van der Waals surface area contributed by atoms with Crippen molar-refractivity contribution in [2.24, 2.45) is 10.7 Å². The van der Waals surface area contributed by atoms with Gasteiger partial charge in [0.1, 0.15) is 30.5 Å². The summed E-state index contributed by atoms with van der Waals surface area (Å²) < 4.78 is 12.2. The lowest BCUT2D eigenvalue weighted by Gasteiger charge is -2.14. The highest BCUT2D eigenvalue weighted by atomic mass is 16.5. The van der Waals surface area contributed by atoms with Crippen molar-refractivity contribution >= 4 is 11.5 Å². The molecule has 5 heteroatoms. The second-order valence-electron chi connectivity index (χ2n) is 8.71. The van der Waals surface area contributed by atoms with Crippen molar-refractivity contribution < 1.29 is 9.47 Å². The number of rotatable bonds is 8. The number of hydrogen-bond acceptors (Lipinski definition) is 4. The third-order valence-electron chi connectivity index (χ3n) is 5.85. The van der Waals surface area contributed by atoms with Crippen LogP contribution < -0.4 is 15.2 Å². The van der Waals surface area contributed by atoms with Gasteiger partial charge in [0.2, 0.25) is 0 Å². The zero-order valence-corrected chi connectivity index (χ0v) is 19.6. The van der Waals surface area contributed by atoms with Crippen molar-refractivity contribution in [1.82, 2.24) is 0 Å². The fraction of sp³-hybridized carbons (Fsp3) is 0.286. The summed E-state index contributed by atoms with van der Waals surface area (Å²) in [7, 11) is 0. The molecular formula is C28H31N3O2. The van der Waals surface area contributed by atoms with Gasteiger partial charge in [-0.2, -0.15) is 0 Å². The first-order valence-electron chi connectivity index (χ1n) is 11.3. The Bertz CT molecular complexity index is 1210. The van der Waals surface area contributed by atoms with E-state index >= 15 is 0 Å². The Balaban J connectivity index is 1.41. The van der Waals surface area contributed by atoms with E-state index in [2.05, 4.69) is 55.2 Å². The molecule has 33 heavy (non-hydrogen) atoms. The van der Waals surface area contributed by atoms with Gasteiger partial charge in [0.05, 0.1) is 0 Å². The Morgan fingerprint density at radius 3 is 2.06 bits per heavy atom. The quantitative estimate of drug-likeness (QED) is 0.351. The molecule has 0 amide bonds. The Hall–Kier alpha value is -3.60. The second-order valence-corrected chi connectivity index (χ2v) is 8.71. The first kappa shape index (κ1) is 22.6. The molecule has 3 aromatic carbocycles. The Morgan fingerprint density at radius 1 is 0.879 bits per heavy atom. The maximum Gasteiger partial charge on any atom is 0.122 e. The van der Waals surface area contributed by atoms with E-state index in [1.54, 1.807) is 0 Å². The largest absolute Gasteiger partial charge is 0.489 e. The fourth-order valence-corrected chi connectivity index (χ4v) is 4.18. The van der Waals surface area contributed by atoms with Crippen LogP contribution in [0.15, 0.2) is 59.6 Å². The molecule has 0 unspecified atom stereocenters. The fourth-order valence-electron chi connectivity index (χ4n) is 4.18. The number of hydrogen-bond donors (Lipinski definition) is 2. The van der Waals surface area contributed by atoms with E-state index in [-0.39, 0.29) is 5.84 Å². The number of nitrogens with two attached hydrogens (primary N) is 1. The van der Waals surface area contributed by atoms with Crippen LogP contribution in [-0.2, 0) is 13.2 Å². The molecule has 4 rings (SSSR count). The average Bonchev–Trinajstić information content (AvgIpc) is 3.32. The lowest BCUT2D eigenvalue weighted by molar-refractivity contribution is 0.297. The summed E-state index contributed by atoms with van der Waals surface area (Å²) in [6, 6.07) is 18.3. The van der Waals surface area contributed by atoms with Gasteiger partial charge in [-0.3, -0.25) is 10.4 Å². The number of nitrogens with one attached hydrogen (secondary N) is 1. The maximum absolute atomic E-state index is 7.57. The number of benzene rings is 3. The minimum atomic E-state index is 0.0603. The van der Waals surface area contributed by atoms with E-state index in [1.807, 2.05) is 25.1 Å². The molecular weight excluding hydrogens is 410 g/mol. The highest BCUT2D eigenvalue weighted by Crippen LogP contribution is 2.24.